The fourth-order valence-corrected chi connectivity index (χ4v) is 3.05. The van der Waals surface area contributed by atoms with Gasteiger partial charge in [-0.1, -0.05) is 36.4 Å². The molecule has 2 heteroatoms. The second kappa shape index (κ2) is 5.19. The van der Waals surface area contributed by atoms with E-state index < -0.39 is 0 Å². The Morgan fingerprint density at radius 2 is 1.95 bits per heavy atom. The summed E-state index contributed by atoms with van der Waals surface area (Å²) in [6, 6.07) is 14.9. The van der Waals surface area contributed by atoms with Gasteiger partial charge in [0.15, 0.2) is 0 Å². The summed E-state index contributed by atoms with van der Waals surface area (Å²) < 4.78 is 5.93. The minimum absolute atomic E-state index is 0.0279. The van der Waals surface area contributed by atoms with E-state index in [1.165, 1.54) is 22.3 Å². The zero-order valence-corrected chi connectivity index (χ0v) is 13.0. The first-order valence-corrected chi connectivity index (χ1v) is 7.56. The lowest BCUT2D eigenvalue weighted by Gasteiger charge is -2.16. The Labute approximate surface area is 126 Å². The molecule has 0 aromatic heterocycles. The predicted molar refractivity (Wildman–Crippen MR) is 86.7 cm³/mol. The van der Waals surface area contributed by atoms with Gasteiger partial charge in [0, 0.05) is 12.5 Å². The van der Waals surface area contributed by atoms with E-state index in [9.17, 15) is 0 Å². The number of hydrogen-bond acceptors (Lipinski definition) is 2. The summed E-state index contributed by atoms with van der Waals surface area (Å²) in [6.07, 6.45) is 1.82. The fraction of sp³-hybridized carbons (Fsp3) is 0.368. The van der Waals surface area contributed by atoms with Gasteiger partial charge in [0.05, 0.1) is 0 Å². The molecule has 1 atom stereocenters. The van der Waals surface area contributed by atoms with Crippen LogP contribution in [0.3, 0.4) is 0 Å². The summed E-state index contributed by atoms with van der Waals surface area (Å²) >= 11 is 0. The maximum atomic E-state index is 6.42. The number of rotatable bonds is 3. The second-order valence-electron chi connectivity index (χ2n) is 6.64. The molecule has 1 heterocycles. The SMILES string of the molecule is Cc1ccccc1CC(N)c1ccc2c(c1)CC(C)(C)O2. The van der Waals surface area contributed by atoms with Crippen LogP contribution in [0.4, 0.5) is 0 Å². The van der Waals surface area contributed by atoms with Crippen LogP contribution in [0, 0.1) is 6.92 Å². The van der Waals surface area contributed by atoms with Gasteiger partial charge in [0.25, 0.3) is 0 Å². The maximum Gasteiger partial charge on any atom is 0.123 e. The Kier molecular flexibility index (Phi) is 3.50. The summed E-state index contributed by atoms with van der Waals surface area (Å²) in [5.74, 6) is 1.01. The van der Waals surface area contributed by atoms with Gasteiger partial charge < -0.3 is 10.5 Å². The van der Waals surface area contributed by atoms with Crippen molar-refractivity contribution < 1.29 is 4.74 Å². The second-order valence-corrected chi connectivity index (χ2v) is 6.64. The van der Waals surface area contributed by atoms with Crippen LogP contribution < -0.4 is 10.5 Å². The largest absolute Gasteiger partial charge is 0.487 e. The molecular weight excluding hydrogens is 258 g/mol. The van der Waals surface area contributed by atoms with Crippen molar-refractivity contribution in [1.29, 1.82) is 0 Å². The molecule has 0 saturated carbocycles. The standard InChI is InChI=1S/C19H23NO/c1-13-6-4-5-7-14(13)11-17(20)15-8-9-18-16(10-15)12-19(2,3)21-18/h4-10,17H,11-12,20H2,1-3H3. The third kappa shape index (κ3) is 2.96. The van der Waals surface area contributed by atoms with Crippen LogP contribution in [0.1, 0.15) is 42.1 Å². The van der Waals surface area contributed by atoms with Crippen molar-refractivity contribution in [3.05, 3.63) is 64.7 Å². The topological polar surface area (TPSA) is 35.2 Å². The van der Waals surface area contributed by atoms with E-state index in [1.54, 1.807) is 0 Å². The molecule has 110 valence electrons. The van der Waals surface area contributed by atoms with Gasteiger partial charge in [-0.2, -0.15) is 0 Å². The molecule has 2 nitrogen and oxygen atoms in total. The molecule has 2 N–H and O–H groups in total. The third-order valence-electron chi connectivity index (χ3n) is 4.22. The lowest BCUT2D eigenvalue weighted by Crippen LogP contribution is -2.24. The minimum Gasteiger partial charge on any atom is -0.487 e. The molecule has 1 aliphatic heterocycles. The van der Waals surface area contributed by atoms with Crippen molar-refractivity contribution in [2.45, 2.75) is 45.3 Å². The molecule has 0 amide bonds. The van der Waals surface area contributed by atoms with E-state index in [-0.39, 0.29) is 11.6 Å². The number of nitrogens with two attached hydrogens (primary N) is 1. The monoisotopic (exact) mass is 281 g/mol. The number of hydrogen-bond donors (Lipinski definition) is 1. The van der Waals surface area contributed by atoms with Crippen molar-refractivity contribution >= 4 is 0 Å². The third-order valence-corrected chi connectivity index (χ3v) is 4.22. The number of ether oxygens (including phenoxy) is 1. The molecule has 0 fully saturated rings. The summed E-state index contributed by atoms with van der Waals surface area (Å²) in [6.45, 7) is 6.39. The van der Waals surface area contributed by atoms with Crippen LogP contribution in [0.5, 0.6) is 5.75 Å². The van der Waals surface area contributed by atoms with Gasteiger partial charge in [-0.15, -0.1) is 0 Å². The highest BCUT2D eigenvalue weighted by atomic mass is 16.5. The fourth-order valence-electron chi connectivity index (χ4n) is 3.05. The number of benzene rings is 2. The average molecular weight is 281 g/mol. The first-order chi connectivity index (χ1) is 9.94. The summed E-state index contributed by atoms with van der Waals surface area (Å²) in [5.41, 5.74) is 11.4. The Balaban J connectivity index is 1.81. The van der Waals surface area contributed by atoms with Crippen molar-refractivity contribution in [2.24, 2.45) is 5.73 Å². The highest BCUT2D eigenvalue weighted by Gasteiger charge is 2.30. The van der Waals surface area contributed by atoms with Gasteiger partial charge in [-0.05, 0) is 55.5 Å². The van der Waals surface area contributed by atoms with Crippen molar-refractivity contribution in [3.8, 4) is 5.75 Å². The normalized spacial score (nSPS) is 17.1. The van der Waals surface area contributed by atoms with Crippen LogP contribution in [-0.4, -0.2) is 5.60 Å². The van der Waals surface area contributed by atoms with E-state index in [1.807, 2.05) is 0 Å². The molecule has 1 unspecified atom stereocenters. The molecule has 0 saturated heterocycles. The highest BCUT2D eigenvalue weighted by Crippen LogP contribution is 2.36. The molecule has 3 rings (SSSR count). The van der Waals surface area contributed by atoms with E-state index in [0.717, 1.165) is 18.6 Å². The lowest BCUT2D eigenvalue weighted by molar-refractivity contribution is 0.138. The van der Waals surface area contributed by atoms with Crippen LogP contribution in [0.15, 0.2) is 42.5 Å². The first-order valence-electron chi connectivity index (χ1n) is 7.56. The average Bonchev–Trinajstić information content (AvgIpc) is 2.74. The van der Waals surface area contributed by atoms with Crippen molar-refractivity contribution in [2.75, 3.05) is 0 Å². The molecule has 21 heavy (non-hydrogen) atoms. The molecule has 1 aliphatic rings. The number of aryl methyl sites for hydroxylation is 1. The van der Waals surface area contributed by atoms with E-state index in [0.29, 0.717) is 0 Å². The molecule has 2 aromatic carbocycles. The van der Waals surface area contributed by atoms with E-state index in [4.69, 9.17) is 10.5 Å². The maximum absolute atomic E-state index is 6.42. The van der Waals surface area contributed by atoms with Gasteiger partial charge >= 0.3 is 0 Å². The van der Waals surface area contributed by atoms with E-state index in [2.05, 4.69) is 63.2 Å². The van der Waals surface area contributed by atoms with Gasteiger partial charge in [-0.3, -0.25) is 0 Å². The molecule has 0 spiro atoms. The predicted octanol–water partition coefficient (Wildman–Crippen LogP) is 3.95. The van der Waals surface area contributed by atoms with Crippen LogP contribution >= 0.6 is 0 Å². The van der Waals surface area contributed by atoms with Crippen LogP contribution in [0.2, 0.25) is 0 Å². The summed E-state index contributed by atoms with van der Waals surface area (Å²) in [5, 5.41) is 0. The zero-order valence-electron chi connectivity index (χ0n) is 13.0. The quantitative estimate of drug-likeness (QED) is 0.924. The molecule has 0 aliphatic carbocycles. The Hall–Kier alpha value is -1.80. The Morgan fingerprint density at radius 3 is 2.71 bits per heavy atom. The van der Waals surface area contributed by atoms with Gasteiger partial charge in [0.2, 0.25) is 0 Å². The van der Waals surface area contributed by atoms with Gasteiger partial charge in [0.1, 0.15) is 11.4 Å². The van der Waals surface area contributed by atoms with Crippen LogP contribution in [-0.2, 0) is 12.8 Å². The summed E-state index contributed by atoms with van der Waals surface area (Å²) in [7, 11) is 0. The Bertz CT molecular complexity index is 660. The lowest BCUT2D eigenvalue weighted by atomic mass is 9.94. The molecule has 0 bridgehead atoms. The zero-order chi connectivity index (χ0) is 15.0. The number of fused-ring (bicyclic) bond motifs is 1. The van der Waals surface area contributed by atoms with Crippen LogP contribution in [0.25, 0.3) is 0 Å². The smallest absolute Gasteiger partial charge is 0.123 e. The first kappa shape index (κ1) is 14.2. The van der Waals surface area contributed by atoms with E-state index >= 15 is 0 Å². The molecule has 2 aromatic rings. The van der Waals surface area contributed by atoms with Crippen molar-refractivity contribution in [3.63, 3.8) is 0 Å². The Morgan fingerprint density at radius 1 is 1.19 bits per heavy atom. The highest BCUT2D eigenvalue weighted by molar-refractivity contribution is 5.43. The van der Waals surface area contributed by atoms with Gasteiger partial charge in [-0.25, -0.2) is 0 Å². The summed E-state index contributed by atoms with van der Waals surface area (Å²) in [4.78, 5) is 0. The minimum atomic E-state index is -0.0962. The molecule has 0 radical (unpaired) electrons. The molecular formula is C19H23NO. The van der Waals surface area contributed by atoms with Crippen molar-refractivity contribution in [1.82, 2.24) is 0 Å².